The minimum Gasteiger partial charge on any atom is -0.464 e. The van der Waals surface area contributed by atoms with Crippen molar-refractivity contribution in [1.29, 1.82) is 0 Å². The Morgan fingerprint density at radius 2 is 1.85 bits per heavy atom. The molecule has 72 heavy (non-hydrogen) atoms. The van der Waals surface area contributed by atoms with E-state index < -0.39 is 71.7 Å². The highest BCUT2D eigenvalue weighted by molar-refractivity contribution is 5.96. The van der Waals surface area contributed by atoms with Gasteiger partial charge >= 0.3 is 12.1 Å². The first-order valence-electron chi connectivity index (χ1n) is 25.0. The fraction of sp³-hybridized carbons (Fsp3) is 0.642. The molecule has 0 spiro atoms. The summed E-state index contributed by atoms with van der Waals surface area (Å²) in [6.07, 6.45) is -1.87. The maximum atomic E-state index is 14.7. The lowest BCUT2D eigenvalue weighted by atomic mass is 9.84. The van der Waals surface area contributed by atoms with Gasteiger partial charge in [-0.05, 0) is 96.7 Å². The first kappa shape index (κ1) is 56.0. The van der Waals surface area contributed by atoms with E-state index >= 15 is 0 Å². The Bertz CT molecular complexity index is 2450. The number of aliphatic imine (C=N–C) groups is 1. The number of methoxy groups -OCH3 is 1. The molecule has 0 radical (unpaired) electrons. The van der Waals surface area contributed by atoms with Gasteiger partial charge in [-0.15, -0.1) is 0 Å². The molecule has 3 amide bonds. The van der Waals surface area contributed by atoms with Crippen LogP contribution in [0, 0.1) is 29.1 Å². The quantitative estimate of drug-likeness (QED) is 0.109. The van der Waals surface area contributed by atoms with E-state index in [1.807, 2.05) is 66.6 Å². The number of carbonyl (C=O) groups excluding carboxylic acids is 4. The Morgan fingerprint density at radius 3 is 2.49 bits per heavy atom. The Hall–Kier alpha value is -5.26. The molecule has 3 saturated heterocycles. The van der Waals surface area contributed by atoms with Crippen molar-refractivity contribution in [1.82, 2.24) is 30.1 Å². The van der Waals surface area contributed by atoms with Crippen molar-refractivity contribution in [3.63, 3.8) is 0 Å². The van der Waals surface area contributed by atoms with Crippen LogP contribution in [-0.2, 0) is 51.1 Å². The number of hydrogen-bond donors (Lipinski definition) is 2. The smallest absolute Gasteiger partial charge is 0.406 e. The number of nitrogens with zero attached hydrogens (tertiary/aromatic N) is 6. The van der Waals surface area contributed by atoms with E-state index in [-0.39, 0.29) is 62.8 Å². The number of alkyl halides is 3. The van der Waals surface area contributed by atoms with Gasteiger partial charge in [0, 0.05) is 80.0 Å². The molecule has 2 aromatic rings. The SMILES string of the molecule is C=C/C(=C(\N=CC)[C@H](C)OC)c1c2c3cc(ccc3n1CC(F)(F)F)N1CCO[C@@H](C[C@H](NC(=O)[C@@H](COC3CN(C(=O)C#CC(C)(C)N(C)C)C3)C(C)C)C(=O)N3CCC[C@H](N3)C(=O)OCC(C)(C)C2)C1. The number of ether oxygens (including phenoxy) is 4. The lowest BCUT2D eigenvalue weighted by Gasteiger charge is -2.39. The molecule has 1 aromatic carbocycles. The van der Waals surface area contributed by atoms with Gasteiger partial charge in [-0.3, -0.25) is 34.1 Å². The third-order valence-corrected chi connectivity index (χ3v) is 14.2. The molecule has 4 aliphatic rings. The number of hydrogen-bond acceptors (Lipinski definition) is 12. The number of amides is 3. The first-order valence-corrected chi connectivity index (χ1v) is 25.0. The number of esters is 1. The molecular formula is C53H75F3N8O8. The second-order valence-electron chi connectivity index (χ2n) is 21.2. The van der Waals surface area contributed by atoms with Gasteiger partial charge in [0.1, 0.15) is 18.6 Å². The number of fused-ring (bicyclic) bond motifs is 6. The van der Waals surface area contributed by atoms with Gasteiger partial charge in [0.05, 0.1) is 61.0 Å². The standard InChI is InChI=1S/C53H75F3N8O8/c1-13-38(46(57-14-2)34(5)69-12)47-40-26-51(6,7)32-72-50(68)42-16-15-21-64(59-42)49(67)43(25-36-27-61(22-23-70-36)35-17-18-44(39(40)24-35)63(47)31-53(54,55)56)58-48(66)41(33(3)4)30-71-37-28-62(29-37)45(65)19-20-52(8,9)60(10)11/h13-14,17-18,24,33-34,36-37,41-43,59H,1,15-16,21-23,25-32H2,2-12H3,(H,58,66)/b46-38+,57-14?/t34-,36-,41-,42-,43-/m0/s1. The Morgan fingerprint density at radius 1 is 1.12 bits per heavy atom. The third-order valence-electron chi connectivity index (χ3n) is 14.2. The van der Waals surface area contributed by atoms with Crippen molar-refractivity contribution in [2.75, 3.05) is 78.6 Å². The predicted molar refractivity (Wildman–Crippen MR) is 271 cm³/mol. The highest BCUT2D eigenvalue weighted by atomic mass is 19.4. The minimum absolute atomic E-state index is 0.0515. The summed E-state index contributed by atoms with van der Waals surface area (Å²) < 4.78 is 69.7. The molecule has 1 aromatic heterocycles. The van der Waals surface area contributed by atoms with Crippen molar-refractivity contribution in [3.8, 4) is 11.8 Å². The average Bonchev–Trinajstić information content (AvgIpc) is 3.58. The molecule has 19 heteroatoms. The normalized spacial score (nSPS) is 22.7. The monoisotopic (exact) mass is 1010 g/mol. The molecule has 3 fully saturated rings. The largest absolute Gasteiger partial charge is 0.464 e. The van der Waals surface area contributed by atoms with Crippen LogP contribution in [0.2, 0.25) is 0 Å². The number of nitrogens with one attached hydrogen (secondary N) is 2. The second kappa shape index (κ2) is 23.3. The molecule has 0 unspecified atom stereocenters. The highest BCUT2D eigenvalue weighted by Gasteiger charge is 2.40. The van der Waals surface area contributed by atoms with E-state index in [0.717, 1.165) is 5.69 Å². The maximum Gasteiger partial charge on any atom is 0.406 e. The van der Waals surface area contributed by atoms with Crippen molar-refractivity contribution < 1.29 is 51.3 Å². The number of benzene rings is 1. The molecule has 5 atom stereocenters. The van der Waals surface area contributed by atoms with Gasteiger partial charge in [-0.1, -0.05) is 46.3 Å². The van der Waals surface area contributed by atoms with Crippen molar-refractivity contribution in [2.24, 2.45) is 22.2 Å². The Kier molecular flexibility index (Phi) is 18.1. The van der Waals surface area contributed by atoms with Gasteiger partial charge in [-0.2, -0.15) is 13.2 Å². The molecule has 4 aliphatic heterocycles. The highest BCUT2D eigenvalue weighted by Crippen LogP contribution is 2.41. The van der Waals surface area contributed by atoms with Crippen molar-refractivity contribution in [2.45, 2.75) is 130 Å². The van der Waals surface area contributed by atoms with E-state index in [1.165, 1.54) is 22.8 Å². The van der Waals surface area contributed by atoms with Gasteiger partial charge < -0.3 is 38.6 Å². The van der Waals surface area contributed by atoms with Gasteiger partial charge in [0.15, 0.2) is 0 Å². The number of carbonyl (C=O) groups is 4. The molecular weight excluding hydrogens is 934 g/mol. The van der Waals surface area contributed by atoms with Crippen LogP contribution in [0.15, 0.2) is 41.5 Å². The summed E-state index contributed by atoms with van der Waals surface area (Å²) in [6, 6.07) is 3.41. The number of cyclic esters (lactones) is 1. The predicted octanol–water partition coefficient (Wildman–Crippen LogP) is 5.77. The number of allylic oxidation sites excluding steroid dienone is 2. The minimum atomic E-state index is -4.61. The number of morpholine rings is 1. The van der Waals surface area contributed by atoms with E-state index in [4.69, 9.17) is 18.9 Å². The van der Waals surface area contributed by atoms with E-state index in [9.17, 15) is 32.3 Å². The number of rotatable bonds is 13. The summed E-state index contributed by atoms with van der Waals surface area (Å²) in [5.41, 5.74) is 4.53. The molecule has 6 bridgehead atoms. The summed E-state index contributed by atoms with van der Waals surface area (Å²) >= 11 is 0. The lowest BCUT2D eigenvalue weighted by Crippen LogP contribution is -2.61. The molecule has 6 rings (SSSR count). The van der Waals surface area contributed by atoms with E-state index in [0.29, 0.717) is 66.8 Å². The maximum absolute atomic E-state index is 14.7. The van der Waals surface area contributed by atoms with Crippen LogP contribution < -0.4 is 15.6 Å². The van der Waals surface area contributed by atoms with E-state index in [1.54, 1.807) is 37.1 Å². The van der Waals surface area contributed by atoms with Crippen LogP contribution in [0.3, 0.4) is 0 Å². The topological polar surface area (TPSA) is 160 Å². The number of halogens is 3. The van der Waals surface area contributed by atoms with Gasteiger partial charge in [0.2, 0.25) is 5.91 Å². The van der Waals surface area contributed by atoms with Crippen LogP contribution in [0.1, 0.15) is 85.9 Å². The third kappa shape index (κ3) is 13.5. The Labute approximate surface area is 422 Å². The first-order chi connectivity index (χ1) is 33.9. The van der Waals surface area contributed by atoms with Gasteiger partial charge in [0.25, 0.3) is 11.8 Å². The number of anilines is 1. The number of hydrazine groups is 1. The molecule has 0 aliphatic carbocycles. The van der Waals surface area contributed by atoms with Crippen LogP contribution in [0.4, 0.5) is 18.9 Å². The zero-order chi connectivity index (χ0) is 52.9. The van der Waals surface area contributed by atoms with Crippen LogP contribution >= 0.6 is 0 Å². The number of likely N-dealkylation sites (tertiary alicyclic amines) is 1. The lowest BCUT2D eigenvalue weighted by molar-refractivity contribution is -0.156. The summed E-state index contributed by atoms with van der Waals surface area (Å²) in [6.45, 7) is 19.6. The second-order valence-corrected chi connectivity index (χ2v) is 21.2. The summed E-state index contributed by atoms with van der Waals surface area (Å²) in [7, 11) is 5.30. The van der Waals surface area contributed by atoms with E-state index in [2.05, 4.69) is 39.1 Å². The number of aromatic nitrogens is 1. The molecule has 16 nitrogen and oxygen atoms in total. The zero-order valence-electron chi connectivity index (χ0n) is 43.9. The summed E-state index contributed by atoms with van der Waals surface area (Å²) in [5.74, 6) is 3.20. The molecule has 5 heterocycles. The zero-order valence-corrected chi connectivity index (χ0v) is 43.9. The van der Waals surface area contributed by atoms with Crippen LogP contribution in [-0.4, -0.2) is 165 Å². The van der Waals surface area contributed by atoms with Crippen molar-refractivity contribution >= 4 is 52.1 Å². The molecule has 2 N–H and O–H groups in total. The molecule has 396 valence electrons. The average molecular weight is 1010 g/mol. The van der Waals surface area contributed by atoms with Crippen molar-refractivity contribution in [3.05, 3.63) is 47.8 Å². The Balaban J connectivity index is 1.34. The summed E-state index contributed by atoms with van der Waals surface area (Å²) in [5, 5.41) is 5.00. The fourth-order valence-electron chi connectivity index (χ4n) is 9.38. The van der Waals surface area contributed by atoms with Crippen LogP contribution in [0.25, 0.3) is 16.5 Å². The fourth-order valence-corrected chi connectivity index (χ4v) is 9.38. The van der Waals surface area contributed by atoms with Gasteiger partial charge in [-0.25, -0.2) is 5.43 Å². The van der Waals surface area contributed by atoms with Crippen LogP contribution in [0.5, 0.6) is 0 Å². The molecule has 0 saturated carbocycles. The summed E-state index contributed by atoms with van der Waals surface area (Å²) in [4.78, 5) is 66.0.